The molecule has 0 saturated heterocycles. The van der Waals surface area contributed by atoms with Gasteiger partial charge in [-0.25, -0.2) is 0 Å². The van der Waals surface area contributed by atoms with Crippen LogP contribution < -0.4 is 15.8 Å². The first kappa shape index (κ1) is 13.2. The summed E-state index contributed by atoms with van der Waals surface area (Å²) in [6, 6.07) is 12.4. The highest BCUT2D eigenvalue weighted by Crippen LogP contribution is 2.35. The molecule has 6 nitrogen and oxygen atoms in total. The molecule has 2 aromatic rings. The van der Waals surface area contributed by atoms with Crippen molar-refractivity contribution in [1.82, 2.24) is 0 Å². The van der Waals surface area contributed by atoms with Gasteiger partial charge in [0.15, 0.2) is 0 Å². The van der Waals surface area contributed by atoms with E-state index in [0.717, 1.165) is 17.7 Å². The van der Waals surface area contributed by atoms with Crippen molar-refractivity contribution in [3.63, 3.8) is 0 Å². The van der Waals surface area contributed by atoms with Crippen LogP contribution in [0.4, 0.5) is 17.1 Å². The van der Waals surface area contributed by atoms with Gasteiger partial charge < -0.3 is 15.8 Å². The lowest BCUT2D eigenvalue weighted by atomic mass is 10.0. The highest BCUT2D eigenvalue weighted by molar-refractivity contribution is 5.62. The minimum absolute atomic E-state index is 0.0159. The zero-order chi connectivity index (χ0) is 14.8. The van der Waals surface area contributed by atoms with Crippen LogP contribution >= 0.6 is 0 Å². The van der Waals surface area contributed by atoms with Crippen molar-refractivity contribution in [2.24, 2.45) is 0 Å². The van der Waals surface area contributed by atoms with Gasteiger partial charge in [-0.15, -0.1) is 0 Å². The number of non-ortho nitro benzene ring substituents is 1. The zero-order valence-corrected chi connectivity index (χ0v) is 11.3. The number of nitrogens with two attached hydrogens (primary N) is 1. The standard InChI is InChI=1S/C15H15N3O3/c16-10-7-11(9-12(8-10)18(19)20)17-14-5-6-21-15-4-2-1-3-13(14)15/h1-4,7-9,14,17H,5-6,16H2. The van der Waals surface area contributed by atoms with Crippen molar-refractivity contribution < 1.29 is 9.66 Å². The van der Waals surface area contributed by atoms with E-state index < -0.39 is 4.92 Å². The van der Waals surface area contributed by atoms with Crippen LogP contribution in [0.2, 0.25) is 0 Å². The Morgan fingerprint density at radius 3 is 2.90 bits per heavy atom. The molecule has 0 bridgehead atoms. The molecule has 1 aliphatic rings. The number of ether oxygens (including phenoxy) is 1. The number of rotatable bonds is 3. The summed E-state index contributed by atoms with van der Waals surface area (Å²) in [4.78, 5) is 10.5. The largest absolute Gasteiger partial charge is 0.493 e. The number of nitrogens with one attached hydrogen (secondary N) is 1. The Morgan fingerprint density at radius 2 is 2.10 bits per heavy atom. The van der Waals surface area contributed by atoms with Crippen molar-refractivity contribution in [1.29, 1.82) is 0 Å². The number of nitrogens with zero attached hydrogens (tertiary/aromatic N) is 1. The van der Waals surface area contributed by atoms with Gasteiger partial charge in [0.2, 0.25) is 0 Å². The van der Waals surface area contributed by atoms with Crippen molar-refractivity contribution in [3.05, 3.63) is 58.1 Å². The molecule has 108 valence electrons. The minimum Gasteiger partial charge on any atom is -0.493 e. The molecular formula is C15H15N3O3. The van der Waals surface area contributed by atoms with Crippen LogP contribution in [0.1, 0.15) is 18.0 Å². The van der Waals surface area contributed by atoms with E-state index in [2.05, 4.69) is 5.32 Å². The number of hydrogen-bond acceptors (Lipinski definition) is 5. The summed E-state index contributed by atoms with van der Waals surface area (Å²) in [5.41, 5.74) is 7.77. The molecule has 3 N–H and O–H groups in total. The van der Waals surface area contributed by atoms with Gasteiger partial charge >= 0.3 is 0 Å². The van der Waals surface area contributed by atoms with Crippen LogP contribution in [-0.2, 0) is 0 Å². The molecule has 1 unspecified atom stereocenters. The van der Waals surface area contributed by atoms with Crippen LogP contribution in [0.3, 0.4) is 0 Å². The van der Waals surface area contributed by atoms with Gasteiger partial charge in [-0.1, -0.05) is 18.2 Å². The number of hydrogen-bond donors (Lipinski definition) is 2. The maximum Gasteiger partial charge on any atom is 0.273 e. The predicted octanol–water partition coefficient (Wildman–Crippen LogP) is 3.11. The number of nitro benzene ring substituents is 1. The normalized spacial score (nSPS) is 16.7. The van der Waals surface area contributed by atoms with Crippen molar-refractivity contribution in [2.45, 2.75) is 12.5 Å². The lowest BCUT2D eigenvalue weighted by molar-refractivity contribution is -0.384. The molecule has 1 heterocycles. The van der Waals surface area contributed by atoms with Gasteiger partial charge in [-0.2, -0.15) is 0 Å². The van der Waals surface area contributed by atoms with E-state index in [9.17, 15) is 10.1 Å². The number of fused-ring (bicyclic) bond motifs is 1. The summed E-state index contributed by atoms with van der Waals surface area (Å²) in [6.07, 6.45) is 0.791. The van der Waals surface area contributed by atoms with Gasteiger partial charge in [0.1, 0.15) is 5.75 Å². The van der Waals surface area contributed by atoms with Crippen molar-refractivity contribution in [3.8, 4) is 5.75 Å². The second-order valence-corrected chi connectivity index (χ2v) is 4.94. The Bertz CT molecular complexity index is 688. The first-order valence-electron chi connectivity index (χ1n) is 6.67. The molecule has 0 saturated carbocycles. The number of nitro groups is 1. The molecule has 1 aliphatic heterocycles. The smallest absolute Gasteiger partial charge is 0.273 e. The number of nitrogen functional groups attached to an aromatic ring is 1. The Labute approximate surface area is 121 Å². The average Bonchev–Trinajstić information content (AvgIpc) is 2.47. The Morgan fingerprint density at radius 1 is 1.29 bits per heavy atom. The molecule has 0 radical (unpaired) electrons. The molecular weight excluding hydrogens is 270 g/mol. The highest BCUT2D eigenvalue weighted by Gasteiger charge is 2.21. The molecule has 0 fully saturated rings. The SMILES string of the molecule is Nc1cc(NC2CCOc3ccccc32)cc([N+](=O)[O-])c1. The second kappa shape index (κ2) is 5.32. The number of benzene rings is 2. The molecule has 2 aromatic carbocycles. The number of anilines is 2. The van der Waals surface area contributed by atoms with E-state index in [-0.39, 0.29) is 11.7 Å². The van der Waals surface area contributed by atoms with Gasteiger partial charge in [0.25, 0.3) is 5.69 Å². The maximum absolute atomic E-state index is 10.9. The van der Waals surface area contributed by atoms with Crippen LogP contribution in [0.25, 0.3) is 0 Å². The molecule has 0 spiro atoms. The second-order valence-electron chi connectivity index (χ2n) is 4.94. The molecule has 1 atom stereocenters. The van der Waals surface area contributed by atoms with Crippen LogP contribution in [0.5, 0.6) is 5.75 Å². The zero-order valence-electron chi connectivity index (χ0n) is 11.3. The van der Waals surface area contributed by atoms with Gasteiger partial charge in [0, 0.05) is 35.5 Å². The fraction of sp³-hybridized carbons (Fsp3) is 0.200. The summed E-state index contributed by atoms with van der Waals surface area (Å²) in [6.45, 7) is 0.610. The third-order valence-corrected chi connectivity index (χ3v) is 3.45. The summed E-state index contributed by atoms with van der Waals surface area (Å²) >= 11 is 0. The monoisotopic (exact) mass is 285 g/mol. The van der Waals surface area contributed by atoms with Gasteiger partial charge in [-0.05, 0) is 12.1 Å². The summed E-state index contributed by atoms with van der Waals surface area (Å²) in [5.74, 6) is 0.847. The predicted molar refractivity (Wildman–Crippen MR) is 80.4 cm³/mol. The lowest BCUT2D eigenvalue weighted by Crippen LogP contribution is -2.20. The minimum atomic E-state index is -0.445. The Kier molecular flexibility index (Phi) is 3.35. The lowest BCUT2D eigenvalue weighted by Gasteiger charge is -2.27. The fourth-order valence-corrected chi connectivity index (χ4v) is 2.52. The summed E-state index contributed by atoms with van der Waals surface area (Å²) in [7, 11) is 0. The molecule has 21 heavy (non-hydrogen) atoms. The fourth-order valence-electron chi connectivity index (χ4n) is 2.52. The van der Waals surface area contributed by atoms with Crippen LogP contribution in [0.15, 0.2) is 42.5 Å². The van der Waals surface area contributed by atoms with Crippen molar-refractivity contribution >= 4 is 17.1 Å². The molecule has 6 heteroatoms. The highest BCUT2D eigenvalue weighted by atomic mass is 16.6. The summed E-state index contributed by atoms with van der Waals surface area (Å²) in [5, 5.41) is 14.2. The maximum atomic E-state index is 10.9. The topological polar surface area (TPSA) is 90.4 Å². The quantitative estimate of drug-likeness (QED) is 0.513. The molecule has 3 rings (SSSR count). The summed E-state index contributed by atoms with van der Waals surface area (Å²) < 4.78 is 5.60. The number of para-hydroxylation sites is 1. The van der Waals surface area contributed by atoms with E-state index in [1.807, 2.05) is 24.3 Å². The van der Waals surface area contributed by atoms with E-state index in [1.165, 1.54) is 12.1 Å². The van der Waals surface area contributed by atoms with E-state index in [1.54, 1.807) is 6.07 Å². The van der Waals surface area contributed by atoms with E-state index in [4.69, 9.17) is 10.5 Å². The average molecular weight is 285 g/mol. The third-order valence-electron chi connectivity index (χ3n) is 3.45. The molecule has 0 aromatic heterocycles. The first-order chi connectivity index (χ1) is 10.1. The Hall–Kier alpha value is -2.76. The molecule has 0 aliphatic carbocycles. The van der Waals surface area contributed by atoms with Gasteiger partial charge in [0.05, 0.1) is 17.6 Å². The van der Waals surface area contributed by atoms with Crippen molar-refractivity contribution in [2.75, 3.05) is 17.7 Å². The first-order valence-corrected chi connectivity index (χ1v) is 6.67. The molecule has 0 amide bonds. The third kappa shape index (κ3) is 2.74. The van der Waals surface area contributed by atoms with Gasteiger partial charge in [-0.3, -0.25) is 10.1 Å². The van der Waals surface area contributed by atoms with E-state index in [0.29, 0.717) is 18.0 Å². The Balaban J connectivity index is 1.90. The van der Waals surface area contributed by atoms with Crippen LogP contribution in [-0.4, -0.2) is 11.5 Å². The van der Waals surface area contributed by atoms with Crippen LogP contribution in [0, 0.1) is 10.1 Å². The van der Waals surface area contributed by atoms with E-state index >= 15 is 0 Å².